The lowest BCUT2D eigenvalue weighted by Gasteiger charge is -2.29. The maximum atomic E-state index is 3.79. The van der Waals surface area contributed by atoms with E-state index in [0.29, 0.717) is 10.8 Å². The third-order valence-electron chi connectivity index (χ3n) is 4.50. The van der Waals surface area contributed by atoms with Gasteiger partial charge in [0.2, 0.25) is 0 Å². The van der Waals surface area contributed by atoms with E-state index in [1.54, 1.807) is 0 Å². The SMILES string of the molecule is CC1CC(C)(C)CC1NCC(C)C(C)(C)C. The Bertz CT molecular complexity index is 224. The van der Waals surface area contributed by atoms with Crippen molar-refractivity contribution < 1.29 is 0 Å². The number of nitrogens with one attached hydrogen (secondary N) is 1. The summed E-state index contributed by atoms with van der Waals surface area (Å²) in [4.78, 5) is 0. The van der Waals surface area contributed by atoms with Crippen molar-refractivity contribution in [1.29, 1.82) is 0 Å². The van der Waals surface area contributed by atoms with Gasteiger partial charge in [0.1, 0.15) is 0 Å². The first kappa shape index (κ1) is 14.0. The molecule has 96 valence electrons. The Morgan fingerprint density at radius 1 is 1.25 bits per heavy atom. The minimum absolute atomic E-state index is 0.421. The Labute approximate surface area is 102 Å². The Kier molecular flexibility index (Phi) is 4.10. The van der Waals surface area contributed by atoms with Crippen LogP contribution in [0.2, 0.25) is 0 Å². The lowest BCUT2D eigenvalue weighted by Crippen LogP contribution is -2.38. The summed E-state index contributed by atoms with van der Waals surface area (Å²) >= 11 is 0. The molecular weight excluding hydrogens is 194 g/mol. The third kappa shape index (κ3) is 3.76. The van der Waals surface area contributed by atoms with Crippen LogP contribution in [0.3, 0.4) is 0 Å². The molecule has 0 saturated heterocycles. The first-order valence-electron chi connectivity index (χ1n) is 6.85. The molecule has 1 aliphatic carbocycles. The molecule has 3 atom stereocenters. The van der Waals surface area contributed by atoms with Gasteiger partial charge in [-0.2, -0.15) is 0 Å². The van der Waals surface area contributed by atoms with Crippen LogP contribution in [0, 0.1) is 22.7 Å². The molecule has 1 N–H and O–H groups in total. The van der Waals surface area contributed by atoms with Gasteiger partial charge >= 0.3 is 0 Å². The van der Waals surface area contributed by atoms with Crippen molar-refractivity contribution in [2.24, 2.45) is 22.7 Å². The van der Waals surface area contributed by atoms with Gasteiger partial charge in [-0.15, -0.1) is 0 Å². The minimum Gasteiger partial charge on any atom is -0.313 e. The molecule has 0 aromatic heterocycles. The summed E-state index contributed by atoms with van der Waals surface area (Å²) in [5, 5.41) is 3.79. The summed E-state index contributed by atoms with van der Waals surface area (Å²) in [6, 6.07) is 0.736. The van der Waals surface area contributed by atoms with Gasteiger partial charge in [-0.25, -0.2) is 0 Å². The molecule has 0 aromatic rings. The summed E-state index contributed by atoms with van der Waals surface area (Å²) in [7, 11) is 0. The second kappa shape index (κ2) is 4.68. The molecule has 1 aliphatic rings. The quantitative estimate of drug-likeness (QED) is 0.763. The average molecular weight is 225 g/mol. The maximum absolute atomic E-state index is 3.79. The van der Waals surface area contributed by atoms with Crippen LogP contribution in [0.5, 0.6) is 0 Å². The predicted octanol–water partition coefficient (Wildman–Crippen LogP) is 4.08. The van der Waals surface area contributed by atoms with E-state index < -0.39 is 0 Å². The molecule has 1 rings (SSSR count). The van der Waals surface area contributed by atoms with Crippen LogP contribution in [-0.2, 0) is 0 Å². The standard InChI is InChI=1S/C15H31N/c1-11-8-15(6,7)9-13(11)16-10-12(2)14(3,4)5/h11-13,16H,8-10H2,1-7H3. The molecule has 0 aliphatic heterocycles. The molecule has 0 heterocycles. The molecule has 0 radical (unpaired) electrons. The van der Waals surface area contributed by atoms with Gasteiger partial charge in [0, 0.05) is 6.04 Å². The van der Waals surface area contributed by atoms with Gasteiger partial charge in [0.15, 0.2) is 0 Å². The van der Waals surface area contributed by atoms with Gasteiger partial charge in [-0.05, 0) is 42.1 Å². The Morgan fingerprint density at radius 2 is 1.81 bits per heavy atom. The minimum atomic E-state index is 0.421. The highest BCUT2D eigenvalue weighted by Crippen LogP contribution is 2.41. The Hall–Kier alpha value is -0.0400. The van der Waals surface area contributed by atoms with E-state index in [9.17, 15) is 0 Å². The second-order valence-corrected chi connectivity index (χ2v) is 7.83. The highest BCUT2D eigenvalue weighted by Gasteiger charge is 2.36. The fraction of sp³-hybridized carbons (Fsp3) is 1.00. The fourth-order valence-electron chi connectivity index (χ4n) is 2.80. The third-order valence-corrected chi connectivity index (χ3v) is 4.50. The predicted molar refractivity (Wildman–Crippen MR) is 72.6 cm³/mol. The topological polar surface area (TPSA) is 12.0 Å². The number of hydrogen-bond donors (Lipinski definition) is 1. The molecule has 0 amide bonds. The molecule has 0 aromatic carbocycles. The van der Waals surface area contributed by atoms with Crippen molar-refractivity contribution in [3.63, 3.8) is 0 Å². The molecule has 1 heteroatoms. The average Bonchev–Trinajstić information content (AvgIpc) is 2.33. The fourth-order valence-corrected chi connectivity index (χ4v) is 2.80. The van der Waals surface area contributed by atoms with Crippen molar-refractivity contribution in [1.82, 2.24) is 5.32 Å². The van der Waals surface area contributed by atoms with E-state index in [2.05, 4.69) is 53.8 Å². The van der Waals surface area contributed by atoms with Crippen LogP contribution in [0.1, 0.15) is 61.3 Å². The highest BCUT2D eigenvalue weighted by molar-refractivity contribution is 4.91. The molecule has 0 spiro atoms. The Morgan fingerprint density at radius 3 is 2.19 bits per heavy atom. The van der Waals surface area contributed by atoms with E-state index >= 15 is 0 Å². The largest absolute Gasteiger partial charge is 0.313 e. The van der Waals surface area contributed by atoms with Crippen molar-refractivity contribution in [3.05, 3.63) is 0 Å². The van der Waals surface area contributed by atoms with Crippen LogP contribution in [0.25, 0.3) is 0 Å². The molecule has 16 heavy (non-hydrogen) atoms. The highest BCUT2D eigenvalue weighted by atomic mass is 14.9. The van der Waals surface area contributed by atoms with Crippen LogP contribution in [0.4, 0.5) is 0 Å². The zero-order valence-electron chi connectivity index (χ0n) is 12.4. The van der Waals surface area contributed by atoms with Gasteiger partial charge in [-0.1, -0.05) is 48.5 Å². The van der Waals surface area contributed by atoms with E-state index in [-0.39, 0.29) is 0 Å². The van der Waals surface area contributed by atoms with Crippen LogP contribution < -0.4 is 5.32 Å². The molecule has 1 saturated carbocycles. The van der Waals surface area contributed by atoms with Crippen molar-refractivity contribution in [3.8, 4) is 0 Å². The molecule has 1 fully saturated rings. The lowest BCUT2D eigenvalue weighted by atomic mass is 9.82. The van der Waals surface area contributed by atoms with E-state index in [4.69, 9.17) is 0 Å². The van der Waals surface area contributed by atoms with Crippen molar-refractivity contribution >= 4 is 0 Å². The van der Waals surface area contributed by atoms with Crippen LogP contribution in [0.15, 0.2) is 0 Å². The second-order valence-electron chi connectivity index (χ2n) is 7.83. The van der Waals surface area contributed by atoms with Crippen molar-refractivity contribution in [2.45, 2.75) is 67.3 Å². The number of rotatable bonds is 3. The van der Waals surface area contributed by atoms with Crippen molar-refractivity contribution in [2.75, 3.05) is 6.54 Å². The van der Waals surface area contributed by atoms with E-state index in [0.717, 1.165) is 24.4 Å². The smallest absolute Gasteiger partial charge is 0.00980 e. The van der Waals surface area contributed by atoms with E-state index in [1.165, 1.54) is 12.8 Å². The van der Waals surface area contributed by atoms with E-state index in [1.807, 2.05) is 0 Å². The van der Waals surface area contributed by atoms with Crippen LogP contribution >= 0.6 is 0 Å². The normalized spacial score (nSPS) is 31.7. The summed E-state index contributed by atoms with van der Waals surface area (Å²) in [5.74, 6) is 1.57. The molecule has 0 bridgehead atoms. The molecule has 1 nitrogen and oxygen atoms in total. The first-order chi connectivity index (χ1) is 7.12. The van der Waals surface area contributed by atoms with Crippen LogP contribution in [-0.4, -0.2) is 12.6 Å². The summed E-state index contributed by atoms with van der Waals surface area (Å²) in [6.07, 6.45) is 2.71. The Balaban J connectivity index is 2.40. The zero-order valence-corrected chi connectivity index (χ0v) is 12.4. The summed E-state index contributed by atoms with van der Waals surface area (Å²) in [6.45, 7) is 17.7. The zero-order chi connectivity index (χ0) is 12.6. The maximum Gasteiger partial charge on any atom is 0.00980 e. The number of hydrogen-bond acceptors (Lipinski definition) is 1. The summed E-state index contributed by atoms with van der Waals surface area (Å²) in [5.41, 5.74) is 0.965. The monoisotopic (exact) mass is 225 g/mol. The molecule has 3 unspecified atom stereocenters. The summed E-state index contributed by atoms with van der Waals surface area (Å²) < 4.78 is 0. The van der Waals surface area contributed by atoms with Gasteiger partial charge in [0.05, 0.1) is 0 Å². The molecular formula is C15H31N. The van der Waals surface area contributed by atoms with Gasteiger partial charge in [0.25, 0.3) is 0 Å². The van der Waals surface area contributed by atoms with Gasteiger partial charge < -0.3 is 5.32 Å². The first-order valence-corrected chi connectivity index (χ1v) is 6.85. The van der Waals surface area contributed by atoms with Gasteiger partial charge in [-0.3, -0.25) is 0 Å². The lowest BCUT2D eigenvalue weighted by molar-refractivity contribution is 0.238.